The Kier molecular flexibility index (Phi) is 7.55. The summed E-state index contributed by atoms with van der Waals surface area (Å²) in [5.41, 5.74) is 15.0. The first-order valence-electron chi connectivity index (χ1n) is 19.7. The summed E-state index contributed by atoms with van der Waals surface area (Å²) in [5.74, 6) is 0.705. The van der Waals surface area contributed by atoms with Crippen LogP contribution < -0.4 is 0 Å². The normalized spacial score (nSPS) is 12.9. The Labute approximate surface area is 332 Å². The topological polar surface area (TPSA) is 25.8 Å². The van der Waals surface area contributed by atoms with Crippen molar-refractivity contribution in [1.29, 1.82) is 0 Å². The molecule has 0 radical (unpaired) electrons. The van der Waals surface area contributed by atoms with Crippen molar-refractivity contribution in [2.45, 2.75) is 19.3 Å². The third-order valence-electron chi connectivity index (χ3n) is 12.1. The molecule has 0 saturated carbocycles. The highest BCUT2D eigenvalue weighted by Gasteiger charge is 2.36. The van der Waals surface area contributed by atoms with Gasteiger partial charge >= 0.3 is 0 Å². The standard InChI is InChI=1S/C55H38N2/c1-55(2)50-30-27-39(32-48(50)49-31-37-18-6-7-19-38(37)33-51(49)55)41-28-29-47(45-24-11-10-22-42(41)45)53-34-52(56-54(57-53)36-16-4-3-5-17-36)46-25-13-12-23-44(46)43-26-14-20-35-15-8-9-21-40(35)43/h3-34H,1-2H3. The van der Waals surface area contributed by atoms with E-state index >= 15 is 0 Å². The second-order valence-electron chi connectivity index (χ2n) is 15.7. The largest absolute Gasteiger partial charge is 0.228 e. The van der Waals surface area contributed by atoms with Crippen LogP contribution in [0.25, 0.3) is 99.6 Å². The number of aromatic nitrogens is 2. The van der Waals surface area contributed by atoms with E-state index in [0.717, 1.165) is 39.0 Å². The van der Waals surface area contributed by atoms with Gasteiger partial charge in [0.2, 0.25) is 0 Å². The third-order valence-corrected chi connectivity index (χ3v) is 12.1. The molecular formula is C55H38N2. The third kappa shape index (κ3) is 5.40. The van der Waals surface area contributed by atoms with E-state index in [-0.39, 0.29) is 5.41 Å². The molecule has 0 saturated heterocycles. The molecule has 1 heterocycles. The second-order valence-corrected chi connectivity index (χ2v) is 15.7. The predicted molar refractivity (Wildman–Crippen MR) is 239 cm³/mol. The highest BCUT2D eigenvalue weighted by Crippen LogP contribution is 2.51. The van der Waals surface area contributed by atoms with E-state index in [1.54, 1.807) is 0 Å². The Morgan fingerprint density at radius 1 is 0.316 bits per heavy atom. The van der Waals surface area contributed by atoms with Gasteiger partial charge in [0.25, 0.3) is 0 Å². The number of hydrogen-bond donors (Lipinski definition) is 0. The SMILES string of the molecule is CC1(C)c2ccc(-c3ccc(-c4cc(-c5ccccc5-c5cccc6ccccc56)nc(-c5ccccc5)n4)c4ccccc34)cc2-c2cc3ccccc3cc21. The summed E-state index contributed by atoms with van der Waals surface area (Å²) in [6.07, 6.45) is 0. The van der Waals surface area contributed by atoms with Crippen LogP contribution in [0.15, 0.2) is 194 Å². The molecule has 2 nitrogen and oxygen atoms in total. The molecule has 0 aliphatic heterocycles. The summed E-state index contributed by atoms with van der Waals surface area (Å²) in [6, 6.07) is 70.2. The van der Waals surface area contributed by atoms with E-state index in [1.807, 2.05) is 6.07 Å². The number of nitrogens with zero attached hydrogens (tertiary/aromatic N) is 2. The van der Waals surface area contributed by atoms with E-state index in [1.165, 1.54) is 65.9 Å². The zero-order valence-electron chi connectivity index (χ0n) is 31.9. The molecule has 1 aromatic heterocycles. The van der Waals surface area contributed by atoms with Gasteiger partial charge in [0.1, 0.15) is 0 Å². The summed E-state index contributed by atoms with van der Waals surface area (Å²) in [5, 5.41) is 7.36. The predicted octanol–water partition coefficient (Wildman–Crippen LogP) is 14.6. The zero-order chi connectivity index (χ0) is 38.1. The fourth-order valence-electron chi connectivity index (χ4n) is 9.22. The van der Waals surface area contributed by atoms with Crippen LogP contribution >= 0.6 is 0 Å². The minimum absolute atomic E-state index is 0.0768. The Balaban J connectivity index is 1.09. The molecule has 10 aromatic rings. The first-order chi connectivity index (χ1) is 28.0. The van der Waals surface area contributed by atoms with E-state index in [4.69, 9.17) is 9.97 Å². The maximum atomic E-state index is 5.31. The van der Waals surface area contributed by atoms with E-state index in [2.05, 4.69) is 202 Å². The average molecular weight is 727 g/mol. The minimum atomic E-state index is -0.0768. The highest BCUT2D eigenvalue weighted by atomic mass is 14.9. The summed E-state index contributed by atoms with van der Waals surface area (Å²) >= 11 is 0. The molecular weight excluding hydrogens is 689 g/mol. The lowest BCUT2D eigenvalue weighted by atomic mass is 9.81. The number of hydrogen-bond acceptors (Lipinski definition) is 2. The van der Waals surface area contributed by atoms with Crippen molar-refractivity contribution in [1.82, 2.24) is 9.97 Å². The molecule has 9 aromatic carbocycles. The molecule has 0 spiro atoms. The molecule has 0 fully saturated rings. The van der Waals surface area contributed by atoms with Crippen molar-refractivity contribution in [2.24, 2.45) is 0 Å². The van der Waals surface area contributed by atoms with Crippen molar-refractivity contribution >= 4 is 32.3 Å². The molecule has 0 amide bonds. The molecule has 0 N–H and O–H groups in total. The van der Waals surface area contributed by atoms with Crippen LogP contribution in [0.1, 0.15) is 25.0 Å². The van der Waals surface area contributed by atoms with E-state index < -0.39 is 0 Å². The van der Waals surface area contributed by atoms with Gasteiger partial charge in [0.05, 0.1) is 11.4 Å². The molecule has 0 unspecified atom stereocenters. The molecule has 57 heavy (non-hydrogen) atoms. The van der Waals surface area contributed by atoms with Gasteiger partial charge in [-0.25, -0.2) is 9.97 Å². The average Bonchev–Trinajstić information content (AvgIpc) is 3.49. The van der Waals surface area contributed by atoms with Gasteiger partial charge in [-0.2, -0.15) is 0 Å². The van der Waals surface area contributed by atoms with Gasteiger partial charge in [0.15, 0.2) is 5.82 Å². The maximum absolute atomic E-state index is 5.31. The van der Waals surface area contributed by atoms with Crippen molar-refractivity contribution in [2.75, 3.05) is 0 Å². The number of benzene rings is 9. The number of rotatable bonds is 5. The molecule has 1 aliphatic rings. The van der Waals surface area contributed by atoms with Crippen LogP contribution in [0.5, 0.6) is 0 Å². The van der Waals surface area contributed by atoms with Crippen molar-refractivity contribution in [3.63, 3.8) is 0 Å². The molecule has 2 heteroatoms. The minimum Gasteiger partial charge on any atom is -0.228 e. The lowest BCUT2D eigenvalue weighted by molar-refractivity contribution is 0.661. The molecule has 11 rings (SSSR count). The smallest absolute Gasteiger partial charge is 0.160 e. The number of fused-ring (bicyclic) bond motifs is 6. The van der Waals surface area contributed by atoms with Gasteiger partial charge in [-0.05, 0) is 101 Å². The van der Waals surface area contributed by atoms with Crippen LogP contribution in [-0.2, 0) is 5.41 Å². The van der Waals surface area contributed by atoms with Crippen LogP contribution in [0.3, 0.4) is 0 Å². The Hall–Kier alpha value is -7.16. The van der Waals surface area contributed by atoms with E-state index in [9.17, 15) is 0 Å². The highest BCUT2D eigenvalue weighted by molar-refractivity contribution is 6.06. The Morgan fingerprint density at radius 3 is 1.67 bits per heavy atom. The molecule has 0 bridgehead atoms. The molecule has 268 valence electrons. The Bertz CT molecular complexity index is 3210. The van der Waals surface area contributed by atoms with E-state index in [0.29, 0.717) is 5.82 Å². The first-order valence-corrected chi connectivity index (χ1v) is 19.7. The Morgan fingerprint density at radius 2 is 0.877 bits per heavy atom. The lowest BCUT2D eigenvalue weighted by Gasteiger charge is -2.22. The second kappa shape index (κ2) is 13.0. The van der Waals surface area contributed by atoms with Crippen molar-refractivity contribution in [3.8, 4) is 67.3 Å². The van der Waals surface area contributed by atoms with Crippen molar-refractivity contribution in [3.05, 3.63) is 205 Å². The summed E-state index contributed by atoms with van der Waals surface area (Å²) < 4.78 is 0. The molecule has 1 aliphatic carbocycles. The zero-order valence-corrected chi connectivity index (χ0v) is 31.9. The van der Waals surface area contributed by atoms with Crippen molar-refractivity contribution < 1.29 is 0 Å². The summed E-state index contributed by atoms with van der Waals surface area (Å²) in [6.45, 7) is 4.72. The van der Waals surface area contributed by atoms with Gasteiger partial charge < -0.3 is 0 Å². The summed E-state index contributed by atoms with van der Waals surface area (Å²) in [7, 11) is 0. The summed E-state index contributed by atoms with van der Waals surface area (Å²) in [4.78, 5) is 10.6. The fourth-order valence-corrected chi connectivity index (χ4v) is 9.22. The lowest BCUT2D eigenvalue weighted by Crippen LogP contribution is -2.14. The van der Waals surface area contributed by atoms with Gasteiger partial charge in [-0.3, -0.25) is 0 Å². The monoisotopic (exact) mass is 726 g/mol. The van der Waals surface area contributed by atoms with Gasteiger partial charge in [-0.15, -0.1) is 0 Å². The maximum Gasteiger partial charge on any atom is 0.160 e. The van der Waals surface area contributed by atoms with Crippen LogP contribution in [0.4, 0.5) is 0 Å². The van der Waals surface area contributed by atoms with Crippen LogP contribution in [-0.4, -0.2) is 9.97 Å². The quantitative estimate of drug-likeness (QED) is 0.176. The fraction of sp³-hybridized carbons (Fsp3) is 0.0545. The van der Waals surface area contributed by atoms with Gasteiger partial charge in [0, 0.05) is 22.1 Å². The van der Waals surface area contributed by atoms with Crippen LogP contribution in [0.2, 0.25) is 0 Å². The first kappa shape index (κ1) is 33.2. The van der Waals surface area contributed by atoms with Crippen LogP contribution in [0, 0.1) is 0 Å². The van der Waals surface area contributed by atoms with Gasteiger partial charge in [-0.1, -0.05) is 184 Å². The molecule has 0 atom stereocenters.